The molecule has 0 aliphatic rings. The zero-order chi connectivity index (χ0) is 19.6. The minimum atomic E-state index is -1.18. The lowest BCUT2D eigenvalue weighted by Gasteiger charge is -2.18. The zero-order valence-corrected chi connectivity index (χ0v) is 15.6. The molecule has 0 spiro atoms. The number of nitrogens with zero attached hydrogens (tertiary/aromatic N) is 1. The standard InChI is InChI=1S/C17H16N2O6S2/c20-16(21)10-18-17(22)25-14(12-6-2-1-3-7-12)11-26-27-15-9-5-4-8-13(15)19(23)24/h1-9,14H,10-11H2,(H,18,22)(H,20,21). The molecule has 8 nitrogen and oxygen atoms in total. The summed E-state index contributed by atoms with van der Waals surface area (Å²) in [6.45, 7) is -0.543. The summed E-state index contributed by atoms with van der Waals surface area (Å²) in [6.07, 6.45) is -1.48. The van der Waals surface area contributed by atoms with Gasteiger partial charge in [0.05, 0.1) is 9.82 Å². The van der Waals surface area contributed by atoms with Gasteiger partial charge in [-0.15, -0.1) is 0 Å². The topological polar surface area (TPSA) is 119 Å². The molecule has 0 saturated carbocycles. The molecule has 1 atom stereocenters. The first-order chi connectivity index (χ1) is 13.0. The van der Waals surface area contributed by atoms with Crippen LogP contribution in [0.3, 0.4) is 0 Å². The number of alkyl carbamates (subject to hydrolysis) is 1. The lowest BCUT2D eigenvalue weighted by atomic mass is 10.1. The van der Waals surface area contributed by atoms with Crippen molar-refractivity contribution in [1.29, 1.82) is 0 Å². The van der Waals surface area contributed by atoms with Crippen LogP contribution in [0.4, 0.5) is 10.5 Å². The molecule has 0 bridgehead atoms. The van der Waals surface area contributed by atoms with Crippen LogP contribution in [0.2, 0.25) is 0 Å². The lowest BCUT2D eigenvalue weighted by Crippen LogP contribution is -2.31. The second-order valence-corrected chi connectivity index (χ2v) is 7.53. The molecule has 0 heterocycles. The molecule has 1 unspecified atom stereocenters. The molecular formula is C17H16N2O6S2. The van der Waals surface area contributed by atoms with Gasteiger partial charge in [0.25, 0.3) is 5.69 Å². The Kier molecular flexibility index (Phi) is 7.96. The first-order valence-corrected chi connectivity index (χ1v) is 10.0. The quantitative estimate of drug-likeness (QED) is 0.364. The molecule has 0 saturated heterocycles. The van der Waals surface area contributed by atoms with Crippen LogP contribution in [0.5, 0.6) is 0 Å². The molecule has 2 N–H and O–H groups in total. The molecule has 10 heteroatoms. The molecular weight excluding hydrogens is 392 g/mol. The first kappa shape index (κ1) is 20.6. The van der Waals surface area contributed by atoms with Crippen molar-refractivity contribution in [2.45, 2.75) is 11.0 Å². The van der Waals surface area contributed by atoms with E-state index in [0.717, 1.165) is 5.56 Å². The maximum Gasteiger partial charge on any atom is 0.408 e. The van der Waals surface area contributed by atoms with E-state index in [1.54, 1.807) is 42.5 Å². The largest absolute Gasteiger partial charge is 0.480 e. The Morgan fingerprint density at radius 1 is 1.15 bits per heavy atom. The van der Waals surface area contributed by atoms with Crippen molar-refractivity contribution in [1.82, 2.24) is 5.32 Å². The summed E-state index contributed by atoms with van der Waals surface area (Å²) in [4.78, 5) is 33.5. The van der Waals surface area contributed by atoms with Crippen LogP contribution in [-0.4, -0.2) is 34.4 Å². The molecule has 2 rings (SSSR count). The fourth-order valence-corrected chi connectivity index (χ4v) is 4.34. The van der Waals surface area contributed by atoms with Gasteiger partial charge in [-0.1, -0.05) is 64.1 Å². The van der Waals surface area contributed by atoms with Crippen molar-refractivity contribution < 1.29 is 24.4 Å². The van der Waals surface area contributed by atoms with Crippen LogP contribution >= 0.6 is 21.6 Å². The van der Waals surface area contributed by atoms with Gasteiger partial charge in [0.2, 0.25) is 0 Å². The second kappa shape index (κ2) is 10.4. The van der Waals surface area contributed by atoms with Gasteiger partial charge in [0, 0.05) is 11.8 Å². The number of hydrogen-bond donors (Lipinski definition) is 2. The molecule has 1 amide bonds. The highest BCUT2D eigenvalue weighted by molar-refractivity contribution is 8.76. The summed E-state index contributed by atoms with van der Waals surface area (Å²) in [6, 6.07) is 15.3. The Balaban J connectivity index is 2.01. The fourth-order valence-electron chi connectivity index (χ4n) is 2.02. The van der Waals surface area contributed by atoms with Crippen LogP contribution in [0.1, 0.15) is 11.7 Å². The highest BCUT2D eigenvalue weighted by Crippen LogP contribution is 2.39. The Morgan fingerprint density at radius 3 is 2.48 bits per heavy atom. The maximum atomic E-state index is 11.8. The maximum absolute atomic E-state index is 11.8. The summed E-state index contributed by atoms with van der Waals surface area (Å²) < 4.78 is 5.32. The number of amides is 1. The van der Waals surface area contributed by atoms with E-state index in [0.29, 0.717) is 10.6 Å². The van der Waals surface area contributed by atoms with Crippen LogP contribution in [0, 0.1) is 10.1 Å². The molecule has 0 fully saturated rings. The average molecular weight is 408 g/mol. The summed E-state index contributed by atoms with van der Waals surface area (Å²) in [5, 5.41) is 21.8. The highest BCUT2D eigenvalue weighted by Gasteiger charge is 2.19. The van der Waals surface area contributed by atoms with Crippen molar-refractivity contribution in [2.24, 2.45) is 0 Å². The highest BCUT2D eigenvalue weighted by atomic mass is 33.1. The van der Waals surface area contributed by atoms with Crippen molar-refractivity contribution >= 4 is 39.3 Å². The number of hydrogen-bond acceptors (Lipinski definition) is 7. The van der Waals surface area contributed by atoms with Crippen LogP contribution in [0.25, 0.3) is 0 Å². The number of nitrogens with one attached hydrogen (secondary N) is 1. The predicted molar refractivity (Wildman–Crippen MR) is 103 cm³/mol. The first-order valence-electron chi connectivity index (χ1n) is 7.71. The average Bonchev–Trinajstić information content (AvgIpc) is 2.66. The van der Waals surface area contributed by atoms with Gasteiger partial charge in [-0.05, 0) is 11.6 Å². The number of carbonyl (C=O) groups excluding carboxylic acids is 1. The minimum Gasteiger partial charge on any atom is -0.480 e. The molecule has 0 aliphatic carbocycles. The lowest BCUT2D eigenvalue weighted by molar-refractivity contribution is -0.387. The summed E-state index contributed by atoms with van der Waals surface area (Å²) >= 11 is 0. The number of benzene rings is 2. The van der Waals surface area contributed by atoms with Gasteiger partial charge in [0.15, 0.2) is 0 Å². The van der Waals surface area contributed by atoms with Crippen LogP contribution in [-0.2, 0) is 9.53 Å². The smallest absolute Gasteiger partial charge is 0.408 e. The number of nitro groups is 1. The third-order valence-corrected chi connectivity index (χ3v) is 5.62. The second-order valence-electron chi connectivity index (χ2n) is 5.14. The van der Waals surface area contributed by atoms with Gasteiger partial charge < -0.3 is 15.2 Å². The molecule has 0 aliphatic heterocycles. The molecule has 0 aromatic heterocycles. The van der Waals surface area contributed by atoms with E-state index >= 15 is 0 Å². The van der Waals surface area contributed by atoms with Crippen molar-refractivity contribution in [3.63, 3.8) is 0 Å². The Labute approximate surface area is 162 Å². The van der Waals surface area contributed by atoms with Gasteiger partial charge in [-0.25, -0.2) is 4.79 Å². The van der Waals surface area contributed by atoms with E-state index in [4.69, 9.17) is 9.84 Å². The monoisotopic (exact) mass is 408 g/mol. The van der Waals surface area contributed by atoms with Crippen molar-refractivity contribution in [2.75, 3.05) is 12.3 Å². The van der Waals surface area contributed by atoms with Gasteiger partial charge in [-0.2, -0.15) is 0 Å². The molecule has 2 aromatic rings. The van der Waals surface area contributed by atoms with Crippen molar-refractivity contribution in [3.8, 4) is 0 Å². The summed E-state index contributed by atoms with van der Waals surface area (Å²) in [5.41, 5.74) is 0.741. The molecule has 27 heavy (non-hydrogen) atoms. The number of carboxylic acids is 1. The molecule has 142 valence electrons. The normalized spacial score (nSPS) is 11.4. The van der Waals surface area contributed by atoms with E-state index in [1.165, 1.54) is 27.7 Å². The van der Waals surface area contributed by atoms with E-state index in [1.807, 2.05) is 6.07 Å². The number of aliphatic carboxylic acids is 1. The Morgan fingerprint density at radius 2 is 1.81 bits per heavy atom. The minimum absolute atomic E-state index is 0.00591. The SMILES string of the molecule is O=C(O)CNC(=O)OC(CSSc1ccccc1[N+](=O)[O-])c1ccccc1. The summed E-state index contributed by atoms with van der Waals surface area (Å²) in [7, 11) is 2.51. The predicted octanol–water partition coefficient (Wildman–Crippen LogP) is 3.89. The van der Waals surface area contributed by atoms with Crippen LogP contribution < -0.4 is 5.32 Å². The van der Waals surface area contributed by atoms with E-state index in [9.17, 15) is 19.7 Å². The van der Waals surface area contributed by atoms with E-state index < -0.39 is 29.6 Å². The fraction of sp³-hybridized carbons (Fsp3) is 0.176. The molecule has 2 aromatic carbocycles. The third-order valence-electron chi connectivity index (χ3n) is 3.23. The van der Waals surface area contributed by atoms with Gasteiger partial charge >= 0.3 is 12.1 Å². The molecule has 0 radical (unpaired) electrons. The number of rotatable bonds is 9. The van der Waals surface area contributed by atoms with Crippen molar-refractivity contribution in [3.05, 3.63) is 70.3 Å². The Hall–Kier alpha value is -2.72. The number of carboxylic acid groups (broad SMARTS) is 1. The zero-order valence-electron chi connectivity index (χ0n) is 13.9. The number of para-hydroxylation sites is 1. The summed E-state index contributed by atoms with van der Waals surface area (Å²) in [5.74, 6) is -0.856. The Bertz CT molecular complexity index is 803. The number of nitro benzene ring substituents is 1. The van der Waals surface area contributed by atoms with Crippen LogP contribution in [0.15, 0.2) is 59.5 Å². The van der Waals surface area contributed by atoms with Gasteiger partial charge in [-0.3, -0.25) is 14.9 Å². The third kappa shape index (κ3) is 6.83. The van der Waals surface area contributed by atoms with E-state index in [2.05, 4.69) is 5.32 Å². The number of ether oxygens (including phenoxy) is 1. The number of carbonyl (C=O) groups is 2. The van der Waals surface area contributed by atoms with Gasteiger partial charge in [0.1, 0.15) is 12.6 Å². The van der Waals surface area contributed by atoms with E-state index in [-0.39, 0.29) is 5.69 Å².